The third-order valence-corrected chi connectivity index (χ3v) is 4.68. The topological polar surface area (TPSA) is 44.2 Å². The molecule has 0 aromatic heterocycles. The Morgan fingerprint density at radius 2 is 2.23 bits per heavy atom. The fraction of sp³-hybridized carbons (Fsp3) is 0.778. The maximum absolute atomic E-state index is 12.0. The molecular formula is C9H18N2OS. The van der Waals surface area contributed by atoms with E-state index in [1.165, 1.54) is 5.57 Å². The molecule has 1 N–H and O–H groups in total. The molecule has 13 heavy (non-hydrogen) atoms. The molecule has 1 aliphatic heterocycles. The van der Waals surface area contributed by atoms with Crippen molar-refractivity contribution in [2.24, 2.45) is 0 Å². The van der Waals surface area contributed by atoms with Gasteiger partial charge in [-0.1, -0.05) is 11.6 Å². The summed E-state index contributed by atoms with van der Waals surface area (Å²) in [6, 6.07) is 0. The van der Waals surface area contributed by atoms with Gasteiger partial charge in [0, 0.05) is 13.1 Å². The minimum Gasteiger partial charge on any atom is -0.240 e. The highest BCUT2D eigenvalue weighted by Gasteiger charge is 2.23. The Kier molecular flexibility index (Phi) is 3.14. The van der Waals surface area contributed by atoms with Gasteiger partial charge in [-0.05, 0) is 27.2 Å². The quantitative estimate of drug-likeness (QED) is 0.684. The Bertz CT molecular complexity index is 304. The van der Waals surface area contributed by atoms with Crippen molar-refractivity contribution < 1.29 is 4.21 Å². The van der Waals surface area contributed by atoms with E-state index in [9.17, 15) is 4.21 Å². The molecule has 1 atom stereocenters. The molecule has 0 fully saturated rings. The molecule has 1 rings (SSSR count). The largest absolute Gasteiger partial charge is 0.240 e. The fourth-order valence-corrected chi connectivity index (χ4v) is 2.77. The first kappa shape index (κ1) is 10.7. The highest BCUT2D eigenvalue weighted by atomic mass is 32.2. The summed E-state index contributed by atoms with van der Waals surface area (Å²) in [5.74, 6) is 0. The first-order valence-electron chi connectivity index (χ1n) is 4.63. The number of hydrogen-bond acceptors (Lipinski definition) is 2. The first-order valence-corrected chi connectivity index (χ1v) is 6.20. The van der Waals surface area contributed by atoms with Crippen molar-refractivity contribution in [2.45, 2.75) is 32.4 Å². The number of nitrogens with zero attached hydrogens (tertiary/aromatic N) is 1. The van der Waals surface area contributed by atoms with E-state index < -0.39 is 9.92 Å². The average molecular weight is 202 g/mol. The summed E-state index contributed by atoms with van der Waals surface area (Å²) in [6.07, 6.45) is 3.08. The summed E-state index contributed by atoms with van der Waals surface area (Å²) in [7, 11) is -2.54. The zero-order valence-electron chi connectivity index (χ0n) is 8.54. The molecule has 1 aliphatic rings. The normalized spacial score (nSPS) is 24.2. The lowest BCUT2D eigenvalue weighted by Gasteiger charge is -2.29. The average Bonchev–Trinajstić information content (AvgIpc) is 2.04. The lowest BCUT2D eigenvalue weighted by atomic mass is 10.2. The van der Waals surface area contributed by atoms with Crippen LogP contribution in [0.4, 0.5) is 0 Å². The van der Waals surface area contributed by atoms with E-state index in [0.29, 0.717) is 6.54 Å². The van der Waals surface area contributed by atoms with Gasteiger partial charge >= 0.3 is 0 Å². The van der Waals surface area contributed by atoms with E-state index in [0.717, 1.165) is 13.0 Å². The molecule has 1 unspecified atom stereocenters. The molecular weight excluding hydrogens is 184 g/mol. The zero-order valence-corrected chi connectivity index (χ0v) is 9.36. The first-order chi connectivity index (χ1) is 5.94. The van der Waals surface area contributed by atoms with Gasteiger partial charge in [0.25, 0.3) is 0 Å². The Labute approximate surface area is 80.9 Å². The van der Waals surface area contributed by atoms with Crippen molar-refractivity contribution in [3.05, 3.63) is 11.6 Å². The fourth-order valence-electron chi connectivity index (χ4n) is 1.41. The summed E-state index contributed by atoms with van der Waals surface area (Å²) in [5, 5.41) is -0.0848. The number of rotatable bonds is 2. The second-order valence-corrected chi connectivity index (χ2v) is 6.42. The monoisotopic (exact) mass is 202 g/mol. The van der Waals surface area contributed by atoms with Crippen LogP contribution in [-0.2, 0) is 9.92 Å². The summed E-state index contributed by atoms with van der Waals surface area (Å²) < 4.78 is 21.5. The van der Waals surface area contributed by atoms with Crippen LogP contribution in [0.5, 0.6) is 0 Å². The van der Waals surface area contributed by atoms with Crippen LogP contribution in [0.25, 0.3) is 0 Å². The number of nitrogens with one attached hydrogen (secondary N) is 1. The van der Waals surface area contributed by atoms with Gasteiger partial charge in [-0.25, -0.2) is 13.3 Å². The van der Waals surface area contributed by atoms with Crippen LogP contribution in [0, 0.1) is 4.78 Å². The zero-order chi connectivity index (χ0) is 10.1. The Morgan fingerprint density at radius 1 is 1.62 bits per heavy atom. The van der Waals surface area contributed by atoms with E-state index in [1.807, 2.05) is 20.8 Å². The van der Waals surface area contributed by atoms with Crippen molar-refractivity contribution in [2.75, 3.05) is 13.1 Å². The molecule has 0 saturated carbocycles. The molecule has 0 amide bonds. The highest BCUT2D eigenvalue weighted by Crippen LogP contribution is 2.16. The molecule has 0 bridgehead atoms. The summed E-state index contributed by atoms with van der Waals surface area (Å²) in [5.41, 5.74) is 1.23. The van der Waals surface area contributed by atoms with Gasteiger partial charge in [-0.3, -0.25) is 0 Å². The smallest absolute Gasteiger partial charge is 0.110 e. The van der Waals surface area contributed by atoms with Gasteiger partial charge in [0.1, 0.15) is 9.92 Å². The van der Waals surface area contributed by atoms with Crippen molar-refractivity contribution in [1.29, 1.82) is 4.78 Å². The van der Waals surface area contributed by atoms with Gasteiger partial charge in [0.2, 0.25) is 0 Å². The van der Waals surface area contributed by atoms with Crippen molar-refractivity contribution >= 4 is 9.92 Å². The van der Waals surface area contributed by atoms with Gasteiger partial charge in [-0.15, -0.1) is 0 Å². The van der Waals surface area contributed by atoms with Crippen LogP contribution in [0.3, 0.4) is 0 Å². The van der Waals surface area contributed by atoms with E-state index in [4.69, 9.17) is 4.78 Å². The van der Waals surface area contributed by atoms with E-state index in [1.54, 1.807) is 4.31 Å². The molecule has 1 heterocycles. The van der Waals surface area contributed by atoms with Gasteiger partial charge in [-0.2, -0.15) is 0 Å². The van der Waals surface area contributed by atoms with E-state index in [-0.39, 0.29) is 5.25 Å². The third kappa shape index (κ3) is 2.31. The van der Waals surface area contributed by atoms with Gasteiger partial charge in [0.15, 0.2) is 0 Å². The maximum Gasteiger partial charge on any atom is 0.110 e. The van der Waals surface area contributed by atoms with Crippen molar-refractivity contribution in [1.82, 2.24) is 4.31 Å². The Morgan fingerprint density at radius 3 is 2.69 bits per heavy atom. The standard InChI is InChI=1S/C9H18N2OS/c1-8(2)13(10,12)11-6-4-5-9(3)7-11/h5,8,10H,4,6-7H2,1-3H3. The van der Waals surface area contributed by atoms with Gasteiger partial charge < -0.3 is 0 Å². The van der Waals surface area contributed by atoms with Crippen LogP contribution in [0.1, 0.15) is 27.2 Å². The van der Waals surface area contributed by atoms with E-state index >= 15 is 0 Å². The summed E-state index contributed by atoms with van der Waals surface area (Å²) >= 11 is 0. The molecule has 4 heteroatoms. The van der Waals surface area contributed by atoms with Crippen molar-refractivity contribution in [3.8, 4) is 0 Å². The van der Waals surface area contributed by atoms with Crippen LogP contribution >= 0.6 is 0 Å². The maximum atomic E-state index is 12.0. The molecule has 3 nitrogen and oxygen atoms in total. The lowest BCUT2D eigenvalue weighted by Crippen LogP contribution is -2.38. The van der Waals surface area contributed by atoms with Crippen LogP contribution in [0.2, 0.25) is 0 Å². The molecule has 0 aromatic carbocycles. The lowest BCUT2D eigenvalue weighted by molar-refractivity contribution is 0.453. The van der Waals surface area contributed by atoms with E-state index in [2.05, 4.69) is 6.08 Å². The SMILES string of the molecule is CC1=CCCN(S(=N)(=O)C(C)C)C1. The van der Waals surface area contributed by atoms with Crippen LogP contribution in [-0.4, -0.2) is 26.9 Å². The molecule has 0 aromatic rings. The molecule has 0 aliphatic carbocycles. The second kappa shape index (κ2) is 3.80. The molecule has 76 valence electrons. The van der Waals surface area contributed by atoms with Crippen LogP contribution in [0.15, 0.2) is 11.6 Å². The van der Waals surface area contributed by atoms with Crippen LogP contribution < -0.4 is 0 Å². The minimum absolute atomic E-state index is 0.0848. The predicted molar refractivity (Wildman–Crippen MR) is 55.9 cm³/mol. The minimum atomic E-state index is -2.54. The Balaban J connectivity index is 2.80. The number of hydrogen-bond donors (Lipinski definition) is 1. The Hall–Kier alpha value is -0.350. The molecule has 0 saturated heterocycles. The molecule has 0 radical (unpaired) electrons. The van der Waals surface area contributed by atoms with Gasteiger partial charge in [0.05, 0.1) is 5.25 Å². The molecule has 0 spiro atoms. The summed E-state index contributed by atoms with van der Waals surface area (Å²) in [4.78, 5) is 0. The highest BCUT2D eigenvalue weighted by molar-refractivity contribution is 7.90. The third-order valence-electron chi connectivity index (χ3n) is 2.32. The second-order valence-electron chi connectivity index (χ2n) is 3.82. The summed E-state index contributed by atoms with van der Waals surface area (Å²) in [6.45, 7) is 7.19. The predicted octanol–water partition coefficient (Wildman–Crippen LogP) is 2.01. The van der Waals surface area contributed by atoms with Crippen molar-refractivity contribution in [3.63, 3.8) is 0 Å².